The van der Waals surface area contributed by atoms with E-state index in [9.17, 15) is 12.8 Å². The predicted molar refractivity (Wildman–Crippen MR) is 74.3 cm³/mol. The zero-order valence-electron chi connectivity index (χ0n) is 11.3. The lowest BCUT2D eigenvalue weighted by Crippen LogP contribution is -2.22. The summed E-state index contributed by atoms with van der Waals surface area (Å²) in [4.78, 5) is 2.48. The van der Waals surface area contributed by atoms with Crippen molar-refractivity contribution in [2.45, 2.75) is 30.1 Å². The van der Waals surface area contributed by atoms with Crippen LogP contribution in [0, 0.1) is 11.7 Å². The maximum absolute atomic E-state index is 13.4. The average molecular weight is 298 g/mol. The topological polar surface area (TPSA) is 63.4 Å². The Labute approximate surface area is 118 Å². The lowest BCUT2D eigenvalue weighted by atomic mass is 10.1. The van der Waals surface area contributed by atoms with Gasteiger partial charge in [-0.2, -0.15) is 0 Å². The standard InChI is InChI=1S/C14H19FN2O2S/c15-11-3-4-14(20(16,18)19)13(8-11)12-7-10(12)9-17-5-1-2-6-17/h3-4,8,10,12H,1-2,5-7,9H2,(H2,16,18,19). The number of sulfonamides is 1. The van der Waals surface area contributed by atoms with Crippen molar-refractivity contribution in [2.75, 3.05) is 19.6 Å². The van der Waals surface area contributed by atoms with Gasteiger partial charge >= 0.3 is 0 Å². The van der Waals surface area contributed by atoms with Crippen LogP contribution in [0.15, 0.2) is 23.1 Å². The first kappa shape index (κ1) is 14.0. The highest BCUT2D eigenvalue weighted by Gasteiger charge is 2.42. The highest BCUT2D eigenvalue weighted by molar-refractivity contribution is 7.89. The lowest BCUT2D eigenvalue weighted by Gasteiger charge is -2.14. The molecule has 0 aromatic heterocycles. The van der Waals surface area contributed by atoms with Gasteiger partial charge in [0.05, 0.1) is 4.90 Å². The number of halogens is 1. The third kappa shape index (κ3) is 2.87. The minimum Gasteiger partial charge on any atom is -0.303 e. The number of benzene rings is 1. The minimum absolute atomic E-state index is 0.0767. The Morgan fingerprint density at radius 3 is 2.65 bits per heavy atom. The SMILES string of the molecule is NS(=O)(=O)c1ccc(F)cc1C1CC1CN1CCCC1. The summed E-state index contributed by atoms with van der Waals surface area (Å²) < 4.78 is 36.6. The van der Waals surface area contributed by atoms with Crippen LogP contribution in [0.5, 0.6) is 0 Å². The number of rotatable bonds is 4. The van der Waals surface area contributed by atoms with Crippen LogP contribution in [0.3, 0.4) is 0 Å². The van der Waals surface area contributed by atoms with Gasteiger partial charge in [-0.05, 0) is 68.0 Å². The highest BCUT2D eigenvalue weighted by Crippen LogP contribution is 2.49. The fraction of sp³-hybridized carbons (Fsp3) is 0.571. The van der Waals surface area contributed by atoms with Crippen LogP contribution < -0.4 is 5.14 Å². The smallest absolute Gasteiger partial charge is 0.238 e. The van der Waals surface area contributed by atoms with Crippen LogP contribution in [-0.4, -0.2) is 33.0 Å². The summed E-state index contributed by atoms with van der Waals surface area (Å²) in [6, 6.07) is 3.76. The summed E-state index contributed by atoms with van der Waals surface area (Å²) >= 11 is 0. The first-order valence-corrected chi connectivity index (χ1v) is 8.54. The summed E-state index contributed by atoms with van der Waals surface area (Å²) in [5, 5.41) is 5.22. The molecule has 1 aromatic carbocycles. The Balaban J connectivity index is 1.79. The normalized spacial score (nSPS) is 26.9. The molecule has 1 saturated heterocycles. The van der Waals surface area contributed by atoms with E-state index in [4.69, 9.17) is 5.14 Å². The largest absolute Gasteiger partial charge is 0.303 e. The molecule has 1 aliphatic carbocycles. The Kier molecular flexibility index (Phi) is 3.56. The van der Waals surface area contributed by atoms with Gasteiger partial charge in [-0.1, -0.05) is 0 Å². The molecule has 1 aromatic rings. The second kappa shape index (κ2) is 5.09. The molecule has 2 atom stereocenters. The van der Waals surface area contributed by atoms with E-state index in [1.165, 1.54) is 25.0 Å². The third-order valence-electron chi connectivity index (χ3n) is 4.29. The van der Waals surface area contributed by atoms with Gasteiger partial charge in [0.1, 0.15) is 5.82 Å². The summed E-state index contributed by atoms with van der Waals surface area (Å²) in [5.41, 5.74) is 0.552. The molecule has 0 bridgehead atoms. The molecular formula is C14H19FN2O2S. The van der Waals surface area contributed by atoms with Gasteiger partial charge in [-0.15, -0.1) is 0 Å². The van der Waals surface area contributed by atoms with Gasteiger partial charge in [-0.3, -0.25) is 0 Å². The molecule has 110 valence electrons. The summed E-state index contributed by atoms with van der Waals surface area (Å²) in [7, 11) is -3.79. The van der Waals surface area contributed by atoms with Crippen LogP contribution in [-0.2, 0) is 10.0 Å². The van der Waals surface area contributed by atoms with Crippen molar-refractivity contribution in [1.29, 1.82) is 0 Å². The maximum Gasteiger partial charge on any atom is 0.238 e. The van der Waals surface area contributed by atoms with Gasteiger partial charge in [0, 0.05) is 6.54 Å². The van der Waals surface area contributed by atoms with Crippen LogP contribution in [0.4, 0.5) is 4.39 Å². The number of hydrogen-bond acceptors (Lipinski definition) is 3. The number of nitrogens with zero attached hydrogens (tertiary/aromatic N) is 1. The first-order valence-electron chi connectivity index (χ1n) is 7.00. The number of primary sulfonamides is 1. The zero-order valence-corrected chi connectivity index (χ0v) is 12.1. The van der Waals surface area contributed by atoms with Gasteiger partial charge in [0.15, 0.2) is 0 Å². The van der Waals surface area contributed by atoms with E-state index in [1.54, 1.807) is 0 Å². The number of likely N-dealkylation sites (tertiary alicyclic amines) is 1. The average Bonchev–Trinajstić information content (AvgIpc) is 2.91. The van der Waals surface area contributed by atoms with Gasteiger partial charge < -0.3 is 4.90 Å². The van der Waals surface area contributed by atoms with E-state index in [1.807, 2.05) is 0 Å². The molecule has 0 amide bonds. The Bertz CT molecular complexity index is 612. The van der Waals surface area contributed by atoms with E-state index in [2.05, 4.69) is 4.90 Å². The quantitative estimate of drug-likeness (QED) is 0.919. The molecule has 2 aliphatic rings. The van der Waals surface area contributed by atoms with Crippen molar-refractivity contribution in [3.8, 4) is 0 Å². The molecule has 6 heteroatoms. The van der Waals surface area contributed by atoms with Crippen molar-refractivity contribution in [3.63, 3.8) is 0 Å². The van der Waals surface area contributed by atoms with E-state index >= 15 is 0 Å². The maximum atomic E-state index is 13.4. The molecule has 4 nitrogen and oxygen atoms in total. The second-order valence-electron chi connectivity index (χ2n) is 5.84. The Morgan fingerprint density at radius 2 is 2.00 bits per heavy atom. The molecule has 1 aliphatic heterocycles. The van der Waals surface area contributed by atoms with E-state index < -0.39 is 15.8 Å². The van der Waals surface area contributed by atoms with Crippen LogP contribution in [0.2, 0.25) is 0 Å². The van der Waals surface area contributed by atoms with Crippen molar-refractivity contribution < 1.29 is 12.8 Å². The zero-order chi connectivity index (χ0) is 14.3. The molecule has 3 rings (SSSR count). The summed E-state index contributed by atoms with van der Waals surface area (Å²) in [5.74, 6) is 0.147. The van der Waals surface area contributed by atoms with Crippen molar-refractivity contribution in [3.05, 3.63) is 29.6 Å². The predicted octanol–water partition coefficient (Wildman–Crippen LogP) is 1.67. The lowest BCUT2D eigenvalue weighted by molar-refractivity contribution is 0.321. The summed E-state index contributed by atoms with van der Waals surface area (Å²) in [6.07, 6.45) is 3.39. The second-order valence-corrected chi connectivity index (χ2v) is 7.37. The van der Waals surface area contributed by atoms with Crippen LogP contribution in [0.1, 0.15) is 30.7 Å². The molecule has 1 heterocycles. The van der Waals surface area contributed by atoms with Gasteiger partial charge in [0.2, 0.25) is 10.0 Å². The third-order valence-corrected chi connectivity index (χ3v) is 5.28. The highest BCUT2D eigenvalue weighted by atomic mass is 32.2. The molecule has 0 spiro atoms. The van der Waals surface area contributed by atoms with Crippen molar-refractivity contribution in [1.82, 2.24) is 4.90 Å². The molecule has 2 unspecified atom stereocenters. The van der Waals surface area contributed by atoms with Gasteiger partial charge in [-0.25, -0.2) is 17.9 Å². The van der Waals surface area contributed by atoms with Crippen LogP contribution >= 0.6 is 0 Å². The molecule has 2 N–H and O–H groups in total. The van der Waals surface area contributed by atoms with Crippen LogP contribution in [0.25, 0.3) is 0 Å². The molecule has 0 radical (unpaired) electrons. The Morgan fingerprint density at radius 1 is 1.30 bits per heavy atom. The summed E-state index contributed by atoms with van der Waals surface area (Å²) in [6.45, 7) is 3.22. The van der Waals surface area contributed by atoms with Crippen molar-refractivity contribution in [2.24, 2.45) is 11.1 Å². The van der Waals surface area contributed by atoms with E-state index in [-0.39, 0.29) is 10.8 Å². The van der Waals surface area contributed by atoms with Gasteiger partial charge in [0.25, 0.3) is 0 Å². The molecular weight excluding hydrogens is 279 g/mol. The first-order chi connectivity index (χ1) is 9.45. The molecule has 2 fully saturated rings. The number of nitrogens with two attached hydrogens (primary N) is 1. The Hall–Kier alpha value is -0.980. The van der Waals surface area contributed by atoms with E-state index in [0.29, 0.717) is 11.5 Å². The number of hydrogen-bond donors (Lipinski definition) is 1. The van der Waals surface area contributed by atoms with Crippen molar-refractivity contribution >= 4 is 10.0 Å². The minimum atomic E-state index is -3.79. The molecule has 1 saturated carbocycles. The fourth-order valence-corrected chi connectivity index (χ4v) is 3.99. The monoisotopic (exact) mass is 298 g/mol. The fourth-order valence-electron chi connectivity index (χ4n) is 3.20. The molecule has 20 heavy (non-hydrogen) atoms. The van der Waals surface area contributed by atoms with E-state index in [0.717, 1.165) is 32.1 Å².